The van der Waals surface area contributed by atoms with Gasteiger partial charge in [-0.3, -0.25) is 9.59 Å². The lowest BCUT2D eigenvalue weighted by molar-refractivity contribution is -0.143. The molecule has 0 saturated heterocycles. The maximum atomic E-state index is 10.8. The third-order valence-electron chi connectivity index (χ3n) is 2.68. The van der Waals surface area contributed by atoms with Crippen LogP contribution in [0.25, 0.3) is 0 Å². The number of hydrogen-bond acceptors (Lipinski definition) is 4. The molecule has 0 saturated carbocycles. The van der Waals surface area contributed by atoms with Gasteiger partial charge in [0.25, 0.3) is 0 Å². The van der Waals surface area contributed by atoms with Crippen molar-refractivity contribution in [3.8, 4) is 0 Å². The zero-order valence-corrected chi connectivity index (χ0v) is 11.2. The first-order valence-corrected chi connectivity index (χ1v) is 5.76. The second-order valence-corrected chi connectivity index (χ2v) is 4.27. The molecule has 1 rings (SSSR count). The van der Waals surface area contributed by atoms with Crippen LogP contribution in [0.2, 0.25) is 0 Å². The van der Waals surface area contributed by atoms with Crippen molar-refractivity contribution in [1.29, 1.82) is 0 Å². The van der Waals surface area contributed by atoms with Crippen LogP contribution in [0.5, 0.6) is 0 Å². The molecule has 0 aliphatic heterocycles. The Kier molecular flexibility index (Phi) is 4.89. The minimum atomic E-state index is -0.327. The van der Waals surface area contributed by atoms with Crippen molar-refractivity contribution in [1.82, 2.24) is 0 Å². The van der Waals surface area contributed by atoms with Crippen LogP contribution < -0.4 is 0 Å². The molecule has 0 aliphatic carbocycles. The van der Waals surface area contributed by atoms with Gasteiger partial charge in [0.15, 0.2) is 0 Å². The number of rotatable bonds is 4. The zero-order valence-electron chi connectivity index (χ0n) is 11.2. The Morgan fingerprint density at radius 2 is 1.22 bits per heavy atom. The number of benzene rings is 1. The van der Waals surface area contributed by atoms with Gasteiger partial charge in [0, 0.05) is 13.8 Å². The molecule has 98 valence electrons. The standard InChI is InChI=1S/C14H18O4/c1-9-5-13(7-17-11(3)15)14(6-10(9)2)8-18-12(4)16/h5-6H,7-8H2,1-4H3. The van der Waals surface area contributed by atoms with E-state index in [1.165, 1.54) is 13.8 Å². The SMILES string of the molecule is CC(=O)OCc1cc(C)c(C)cc1COC(C)=O. The molecule has 0 atom stereocenters. The molecule has 0 amide bonds. The molecule has 0 heterocycles. The Hall–Kier alpha value is -1.84. The maximum absolute atomic E-state index is 10.8. The first-order chi connectivity index (χ1) is 8.40. The maximum Gasteiger partial charge on any atom is 0.302 e. The van der Waals surface area contributed by atoms with Gasteiger partial charge in [-0.05, 0) is 36.1 Å². The lowest BCUT2D eigenvalue weighted by atomic mass is 10.0. The summed E-state index contributed by atoms with van der Waals surface area (Å²) < 4.78 is 9.98. The van der Waals surface area contributed by atoms with E-state index in [0.717, 1.165) is 22.3 Å². The van der Waals surface area contributed by atoms with Crippen LogP contribution >= 0.6 is 0 Å². The second kappa shape index (κ2) is 6.19. The summed E-state index contributed by atoms with van der Waals surface area (Å²) in [7, 11) is 0. The minimum absolute atomic E-state index is 0.201. The number of aryl methyl sites for hydroxylation is 2. The van der Waals surface area contributed by atoms with Gasteiger partial charge in [0.1, 0.15) is 13.2 Å². The van der Waals surface area contributed by atoms with Crippen molar-refractivity contribution in [2.24, 2.45) is 0 Å². The quantitative estimate of drug-likeness (QED) is 0.770. The van der Waals surface area contributed by atoms with Crippen molar-refractivity contribution >= 4 is 11.9 Å². The third-order valence-corrected chi connectivity index (χ3v) is 2.68. The summed E-state index contributed by atoms with van der Waals surface area (Å²) in [6.45, 7) is 7.12. The summed E-state index contributed by atoms with van der Waals surface area (Å²) in [5, 5.41) is 0. The molecule has 1 aromatic rings. The van der Waals surface area contributed by atoms with Gasteiger partial charge in [-0.1, -0.05) is 12.1 Å². The molecule has 0 aromatic heterocycles. The summed E-state index contributed by atoms with van der Waals surface area (Å²) in [6.07, 6.45) is 0. The van der Waals surface area contributed by atoms with Gasteiger partial charge in [0.2, 0.25) is 0 Å². The van der Waals surface area contributed by atoms with Gasteiger partial charge in [0.05, 0.1) is 0 Å². The van der Waals surface area contributed by atoms with E-state index in [0.29, 0.717) is 0 Å². The zero-order chi connectivity index (χ0) is 13.7. The van der Waals surface area contributed by atoms with Gasteiger partial charge in [-0.25, -0.2) is 0 Å². The van der Waals surface area contributed by atoms with E-state index in [9.17, 15) is 9.59 Å². The highest BCUT2D eigenvalue weighted by atomic mass is 16.5. The number of esters is 2. The number of ether oxygens (including phenoxy) is 2. The highest BCUT2D eigenvalue weighted by Gasteiger charge is 2.08. The van der Waals surface area contributed by atoms with Crippen LogP contribution in [0.15, 0.2) is 12.1 Å². The first-order valence-electron chi connectivity index (χ1n) is 5.76. The van der Waals surface area contributed by atoms with Gasteiger partial charge in [-0.15, -0.1) is 0 Å². The fourth-order valence-electron chi connectivity index (χ4n) is 1.56. The van der Waals surface area contributed by atoms with Crippen molar-refractivity contribution < 1.29 is 19.1 Å². The molecule has 0 unspecified atom stereocenters. The Labute approximate surface area is 107 Å². The van der Waals surface area contributed by atoms with Crippen LogP contribution in [0.3, 0.4) is 0 Å². The summed E-state index contributed by atoms with van der Waals surface area (Å²) >= 11 is 0. The Bertz CT molecular complexity index is 420. The Morgan fingerprint density at radius 3 is 1.50 bits per heavy atom. The molecule has 1 aromatic carbocycles. The van der Waals surface area contributed by atoms with Crippen LogP contribution in [0, 0.1) is 13.8 Å². The second-order valence-electron chi connectivity index (χ2n) is 4.27. The van der Waals surface area contributed by atoms with Gasteiger partial charge < -0.3 is 9.47 Å². The van der Waals surface area contributed by atoms with Crippen molar-refractivity contribution in [2.45, 2.75) is 40.9 Å². The molecule has 18 heavy (non-hydrogen) atoms. The molecule has 0 fully saturated rings. The largest absolute Gasteiger partial charge is 0.461 e. The molecular weight excluding hydrogens is 232 g/mol. The van der Waals surface area contributed by atoms with E-state index in [1.807, 2.05) is 26.0 Å². The summed E-state index contributed by atoms with van der Waals surface area (Å²) in [6, 6.07) is 3.91. The predicted molar refractivity (Wildman–Crippen MR) is 66.9 cm³/mol. The van der Waals surface area contributed by atoms with E-state index in [1.54, 1.807) is 0 Å². The molecule has 4 nitrogen and oxygen atoms in total. The minimum Gasteiger partial charge on any atom is -0.461 e. The van der Waals surface area contributed by atoms with E-state index in [4.69, 9.17) is 9.47 Å². The van der Waals surface area contributed by atoms with Crippen LogP contribution in [-0.2, 0) is 32.3 Å². The number of carbonyl (C=O) groups excluding carboxylic acids is 2. The highest BCUT2D eigenvalue weighted by molar-refractivity contribution is 5.66. The molecule has 0 spiro atoms. The number of carbonyl (C=O) groups is 2. The van der Waals surface area contributed by atoms with E-state index >= 15 is 0 Å². The molecule has 4 heteroatoms. The van der Waals surface area contributed by atoms with Gasteiger partial charge >= 0.3 is 11.9 Å². The van der Waals surface area contributed by atoms with E-state index in [-0.39, 0.29) is 25.2 Å². The van der Waals surface area contributed by atoms with Crippen molar-refractivity contribution in [2.75, 3.05) is 0 Å². The molecule has 0 aliphatic rings. The van der Waals surface area contributed by atoms with Gasteiger partial charge in [-0.2, -0.15) is 0 Å². The molecule has 0 N–H and O–H groups in total. The third kappa shape index (κ3) is 4.20. The van der Waals surface area contributed by atoms with Crippen LogP contribution in [0.1, 0.15) is 36.1 Å². The average molecular weight is 250 g/mol. The van der Waals surface area contributed by atoms with Crippen molar-refractivity contribution in [3.63, 3.8) is 0 Å². The predicted octanol–water partition coefficient (Wildman–Crippen LogP) is 2.43. The smallest absolute Gasteiger partial charge is 0.302 e. The number of hydrogen-bond donors (Lipinski definition) is 0. The monoisotopic (exact) mass is 250 g/mol. The molecule has 0 radical (unpaired) electrons. The topological polar surface area (TPSA) is 52.6 Å². The summed E-state index contributed by atoms with van der Waals surface area (Å²) in [5.74, 6) is -0.654. The first kappa shape index (κ1) is 14.2. The van der Waals surface area contributed by atoms with Crippen LogP contribution in [-0.4, -0.2) is 11.9 Å². The highest BCUT2D eigenvalue weighted by Crippen LogP contribution is 2.18. The average Bonchev–Trinajstić information content (AvgIpc) is 2.28. The van der Waals surface area contributed by atoms with Crippen molar-refractivity contribution in [3.05, 3.63) is 34.4 Å². The fraction of sp³-hybridized carbons (Fsp3) is 0.429. The summed E-state index contributed by atoms with van der Waals surface area (Å²) in [4.78, 5) is 21.7. The summed E-state index contributed by atoms with van der Waals surface area (Å²) in [5.41, 5.74) is 3.97. The molecule has 0 bridgehead atoms. The lowest BCUT2D eigenvalue weighted by Gasteiger charge is -2.13. The fourth-order valence-corrected chi connectivity index (χ4v) is 1.56. The normalized spacial score (nSPS) is 10.0. The van der Waals surface area contributed by atoms with E-state index < -0.39 is 0 Å². The Balaban J connectivity index is 2.93. The molecular formula is C14H18O4. The van der Waals surface area contributed by atoms with Crippen LogP contribution in [0.4, 0.5) is 0 Å². The lowest BCUT2D eigenvalue weighted by Crippen LogP contribution is -2.06. The van der Waals surface area contributed by atoms with E-state index in [2.05, 4.69) is 0 Å². The Morgan fingerprint density at radius 1 is 0.889 bits per heavy atom.